The van der Waals surface area contributed by atoms with E-state index in [9.17, 15) is 14.9 Å². The van der Waals surface area contributed by atoms with E-state index in [2.05, 4.69) is 4.98 Å². The zero-order chi connectivity index (χ0) is 11.7. The minimum Gasteiger partial charge on any atom is -0.360 e. The fraction of sp³-hybridized carbons (Fsp3) is 0.182. The van der Waals surface area contributed by atoms with Crippen molar-refractivity contribution in [1.29, 1.82) is 0 Å². The number of aromatic amines is 1. The van der Waals surface area contributed by atoms with Crippen LogP contribution >= 0.6 is 0 Å². The van der Waals surface area contributed by atoms with Crippen LogP contribution in [0.2, 0.25) is 0 Å². The van der Waals surface area contributed by atoms with Crippen molar-refractivity contribution in [2.75, 3.05) is 0 Å². The van der Waals surface area contributed by atoms with Crippen molar-refractivity contribution in [1.82, 2.24) is 4.98 Å². The van der Waals surface area contributed by atoms with Crippen LogP contribution < -0.4 is 0 Å². The number of nitrogens with zero attached hydrogens (tertiary/aromatic N) is 1. The van der Waals surface area contributed by atoms with Crippen LogP contribution in [0, 0.1) is 10.1 Å². The number of benzene rings is 1. The lowest BCUT2D eigenvalue weighted by Crippen LogP contribution is -1.97. The normalized spacial score (nSPS) is 10.6. The van der Waals surface area contributed by atoms with Crippen molar-refractivity contribution >= 4 is 22.4 Å². The Morgan fingerprint density at radius 3 is 2.88 bits per heavy atom. The highest BCUT2D eigenvalue weighted by molar-refractivity contribution is 6.10. The van der Waals surface area contributed by atoms with Crippen molar-refractivity contribution in [2.24, 2.45) is 0 Å². The molecule has 2 rings (SSSR count). The standard InChI is InChI=1S/C11H10N2O3/c1-2-10(14)7-6-12-8-4-3-5-9(11(7)8)13(15)16/h3-6,12H,2H2,1H3. The number of nitro groups is 1. The number of ketones is 1. The summed E-state index contributed by atoms with van der Waals surface area (Å²) in [6.45, 7) is 1.73. The molecule has 5 heteroatoms. The molecule has 0 aliphatic rings. The maximum atomic E-state index is 11.6. The van der Waals surface area contributed by atoms with Gasteiger partial charge in [0.05, 0.1) is 15.8 Å². The molecule has 16 heavy (non-hydrogen) atoms. The van der Waals surface area contributed by atoms with Crippen molar-refractivity contribution in [3.63, 3.8) is 0 Å². The number of Topliss-reactive ketones (excluding diaryl/α,β-unsaturated/α-hetero) is 1. The van der Waals surface area contributed by atoms with Crippen LogP contribution in [-0.2, 0) is 0 Å². The van der Waals surface area contributed by atoms with Gasteiger partial charge in [0.25, 0.3) is 5.69 Å². The number of non-ortho nitro benzene ring substituents is 1. The van der Waals surface area contributed by atoms with Gasteiger partial charge in [0, 0.05) is 24.2 Å². The topological polar surface area (TPSA) is 76.0 Å². The van der Waals surface area contributed by atoms with Crippen molar-refractivity contribution in [3.05, 3.63) is 40.1 Å². The molecule has 0 aliphatic heterocycles. The number of hydrogen-bond acceptors (Lipinski definition) is 3. The summed E-state index contributed by atoms with van der Waals surface area (Å²) >= 11 is 0. The van der Waals surface area contributed by atoms with Crippen LogP contribution in [0.5, 0.6) is 0 Å². The molecule has 1 aromatic heterocycles. The number of nitrogens with one attached hydrogen (secondary N) is 1. The lowest BCUT2D eigenvalue weighted by Gasteiger charge is -1.97. The smallest absolute Gasteiger partial charge is 0.279 e. The highest BCUT2D eigenvalue weighted by Crippen LogP contribution is 2.28. The minimum absolute atomic E-state index is 0.0319. The maximum Gasteiger partial charge on any atom is 0.279 e. The minimum atomic E-state index is -0.470. The maximum absolute atomic E-state index is 11.6. The van der Waals surface area contributed by atoms with Crippen LogP contribution in [0.1, 0.15) is 23.7 Å². The van der Waals surface area contributed by atoms with Crippen LogP contribution in [-0.4, -0.2) is 15.7 Å². The van der Waals surface area contributed by atoms with Crippen LogP contribution in [0.3, 0.4) is 0 Å². The second kappa shape index (κ2) is 3.77. The fourth-order valence-electron chi connectivity index (χ4n) is 1.73. The zero-order valence-electron chi connectivity index (χ0n) is 8.69. The first-order chi connectivity index (χ1) is 7.65. The number of hydrogen-bond donors (Lipinski definition) is 1. The Bertz CT molecular complexity index is 572. The van der Waals surface area contributed by atoms with Gasteiger partial charge in [0.1, 0.15) is 0 Å². The lowest BCUT2D eigenvalue weighted by molar-refractivity contribution is -0.383. The van der Waals surface area contributed by atoms with E-state index in [0.29, 0.717) is 22.9 Å². The molecule has 1 heterocycles. The van der Waals surface area contributed by atoms with Crippen LogP contribution in [0.4, 0.5) is 5.69 Å². The monoisotopic (exact) mass is 218 g/mol. The molecule has 0 atom stereocenters. The Kier molecular flexibility index (Phi) is 2.44. The first kappa shape index (κ1) is 10.4. The van der Waals surface area contributed by atoms with Crippen molar-refractivity contribution < 1.29 is 9.72 Å². The third kappa shape index (κ3) is 1.46. The zero-order valence-corrected chi connectivity index (χ0v) is 8.69. The predicted molar refractivity (Wildman–Crippen MR) is 59.6 cm³/mol. The molecule has 82 valence electrons. The Labute approximate surface area is 91.2 Å². The van der Waals surface area contributed by atoms with Gasteiger partial charge in [-0.3, -0.25) is 14.9 Å². The van der Waals surface area contributed by atoms with Crippen LogP contribution in [0.15, 0.2) is 24.4 Å². The molecule has 0 fully saturated rings. The number of rotatable bonds is 3. The molecule has 0 spiro atoms. The van der Waals surface area contributed by atoms with Crippen LogP contribution in [0.25, 0.3) is 10.9 Å². The highest BCUT2D eigenvalue weighted by atomic mass is 16.6. The van der Waals surface area contributed by atoms with Gasteiger partial charge in [-0.2, -0.15) is 0 Å². The fourth-order valence-corrected chi connectivity index (χ4v) is 1.73. The van der Waals surface area contributed by atoms with Gasteiger partial charge < -0.3 is 4.98 Å². The molecule has 0 saturated carbocycles. The van der Waals surface area contributed by atoms with E-state index in [1.807, 2.05) is 0 Å². The average Bonchev–Trinajstić information content (AvgIpc) is 2.71. The third-order valence-corrected chi connectivity index (χ3v) is 2.50. The molecule has 0 unspecified atom stereocenters. The first-order valence-electron chi connectivity index (χ1n) is 4.92. The summed E-state index contributed by atoms with van der Waals surface area (Å²) in [7, 11) is 0. The lowest BCUT2D eigenvalue weighted by atomic mass is 10.1. The Morgan fingerprint density at radius 2 is 2.25 bits per heavy atom. The van der Waals surface area contributed by atoms with E-state index in [1.54, 1.807) is 19.1 Å². The van der Waals surface area contributed by atoms with Gasteiger partial charge in [0.2, 0.25) is 0 Å². The van der Waals surface area contributed by atoms with Gasteiger partial charge in [-0.25, -0.2) is 0 Å². The number of nitro benzene ring substituents is 1. The van der Waals surface area contributed by atoms with Gasteiger partial charge in [-0.15, -0.1) is 0 Å². The Hall–Kier alpha value is -2.17. The third-order valence-electron chi connectivity index (χ3n) is 2.50. The second-order valence-electron chi connectivity index (χ2n) is 3.44. The molecular formula is C11H10N2O3. The number of carbonyl (C=O) groups is 1. The Balaban J connectivity index is 2.77. The van der Waals surface area contributed by atoms with E-state index in [1.165, 1.54) is 12.3 Å². The van der Waals surface area contributed by atoms with E-state index in [-0.39, 0.29) is 11.5 Å². The summed E-state index contributed by atoms with van der Waals surface area (Å²) in [5.41, 5.74) is 0.978. The van der Waals surface area contributed by atoms with E-state index >= 15 is 0 Å². The van der Waals surface area contributed by atoms with Crippen molar-refractivity contribution in [3.8, 4) is 0 Å². The predicted octanol–water partition coefficient (Wildman–Crippen LogP) is 2.67. The first-order valence-corrected chi connectivity index (χ1v) is 4.92. The van der Waals surface area contributed by atoms with Crippen molar-refractivity contribution in [2.45, 2.75) is 13.3 Å². The molecular weight excluding hydrogens is 208 g/mol. The summed E-state index contributed by atoms with van der Waals surface area (Å²) < 4.78 is 0. The summed E-state index contributed by atoms with van der Waals surface area (Å²) in [4.78, 5) is 24.9. The van der Waals surface area contributed by atoms with Gasteiger partial charge >= 0.3 is 0 Å². The van der Waals surface area contributed by atoms with E-state index in [4.69, 9.17) is 0 Å². The molecule has 0 saturated heterocycles. The molecule has 1 N–H and O–H groups in total. The second-order valence-corrected chi connectivity index (χ2v) is 3.44. The van der Waals surface area contributed by atoms with E-state index < -0.39 is 4.92 Å². The quantitative estimate of drug-likeness (QED) is 0.488. The summed E-state index contributed by atoms with van der Waals surface area (Å²) in [6, 6.07) is 4.72. The summed E-state index contributed by atoms with van der Waals surface area (Å²) in [6.07, 6.45) is 1.86. The average molecular weight is 218 g/mol. The molecule has 0 amide bonds. The molecule has 2 aromatic rings. The Morgan fingerprint density at radius 1 is 1.50 bits per heavy atom. The summed E-state index contributed by atoms with van der Waals surface area (Å²) in [5, 5.41) is 11.3. The SMILES string of the molecule is CCC(=O)c1c[nH]c2cccc([N+](=O)[O-])c12. The molecule has 5 nitrogen and oxygen atoms in total. The van der Waals surface area contributed by atoms with Gasteiger partial charge in [-0.1, -0.05) is 13.0 Å². The summed E-state index contributed by atoms with van der Waals surface area (Å²) in [5.74, 6) is -0.0967. The number of fused-ring (bicyclic) bond motifs is 1. The largest absolute Gasteiger partial charge is 0.360 e. The molecule has 0 aliphatic carbocycles. The number of aromatic nitrogens is 1. The van der Waals surface area contributed by atoms with Gasteiger partial charge in [0.15, 0.2) is 5.78 Å². The van der Waals surface area contributed by atoms with E-state index in [0.717, 1.165) is 0 Å². The number of H-pyrrole nitrogens is 1. The van der Waals surface area contributed by atoms with Gasteiger partial charge in [-0.05, 0) is 6.07 Å². The molecule has 0 bridgehead atoms. The molecule has 0 radical (unpaired) electrons. The highest BCUT2D eigenvalue weighted by Gasteiger charge is 2.19. The molecule has 1 aromatic carbocycles. The number of carbonyl (C=O) groups excluding carboxylic acids is 1.